The maximum atomic E-state index is 12.9. The highest BCUT2D eigenvalue weighted by molar-refractivity contribution is 7.07. The highest BCUT2D eigenvalue weighted by Gasteiger charge is 2.20. The van der Waals surface area contributed by atoms with Gasteiger partial charge in [-0.2, -0.15) is 5.10 Å². The smallest absolute Gasteiger partial charge is 0.271 e. The van der Waals surface area contributed by atoms with Gasteiger partial charge >= 0.3 is 0 Å². The lowest BCUT2D eigenvalue weighted by molar-refractivity contribution is 0.716. The summed E-state index contributed by atoms with van der Waals surface area (Å²) in [4.78, 5) is 18.4. The maximum absolute atomic E-state index is 12.9. The third-order valence-electron chi connectivity index (χ3n) is 4.70. The Morgan fingerprint density at radius 1 is 1.14 bits per heavy atom. The first kappa shape index (κ1) is 17.9. The van der Waals surface area contributed by atoms with Crippen LogP contribution in [0.2, 0.25) is 5.02 Å². The van der Waals surface area contributed by atoms with Crippen LogP contribution in [0.4, 0.5) is 11.5 Å². The summed E-state index contributed by atoms with van der Waals surface area (Å²) in [6.45, 7) is 2.25. The molecule has 0 bridgehead atoms. The standard InChI is InChI=1S/C21H16ClN5OS/c1-13-18-19(27(25-13)16-5-3-2-4-6-16)23-12-26-20(28)17(29-21(26)24-18)11-14-7-9-15(22)10-8-14/h2-11,23H,12H2,1H3/b17-11-. The fourth-order valence-corrected chi connectivity index (χ4v) is 4.37. The number of nitrogens with one attached hydrogen (secondary N) is 1. The van der Waals surface area contributed by atoms with Crippen LogP contribution in [-0.2, 0) is 6.67 Å². The topological polar surface area (TPSA) is 64.2 Å². The highest BCUT2D eigenvalue weighted by atomic mass is 35.5. The van der Waals surface area contributed by atoms with E-state index < -0.39 is 0 Å². The SMILES string of the molecule is Cc1nn(-c2ccccc2)c2c1N=c1s/c(=C\c3ccc(Cl)cc3)c(=O)n1CN2. The van der Waals surface area contributed by atoms with Crippen molar-refractivity contribution in [1.82, 2.24) is 14.3 Å². The van der Waals surface area contributed by atoms with Gasteiger partial charge in [0, 0.05) is 5.02 Å². The zero-order valence-electron chi connectivity index (χ0n) is 15.5. The molecule has 5 rings (SSSR count). The summed E-state index contributed by atoms with van der Waals surface area (Å²) in [5.74, 6) is 0.784. The van der Waals surface area contributed by atoms with Crippen molar-refractivity contribution in [3.63, 3.8) is 0 Å². The quantitative estimate of drug-likeness (QED) is 0.540. The van der Waals surface area contributed by atoms with Crippen molar-refractivity contribution in [2.24, 2.45) is 4.99 Å². The number of para-hydroxylation sites is 1. The largest absolute Gasteiger partial charge is 0.350 e. The Morgan fingerprint density at radius 2 is 1.90 bits per heavy atom. The third-order valence-corrected chi connectivity index (χ3v) is 5.96. The summed E-state index contributed by atoms with van der Waals surface area (Å²) in [5, 5.41) is 8.64. The molecule has 1 N–H and O–H groups in total. The summed E-state index contributed by atoms with van der Waals surface area (Å²) >= 11 is 7.32. The Hall–Kier alpha value is -3.16. The minimum Gasteiger partial charge on any atom is -0.350 e. The highest BCUT2D eigenvalue weighted by Crippen LogP contribution is 2.31. The number of rotatable bonds is 2. The first-order chi connectivity index (χ1) is 14.1. The predicted octanol–water partition coefficient (Wildman–Crippen LogP) is 3.22. The van der Waals surface area contributed by atoms with Crippen molar-refractivity contribution in [3.8, 4) is 5.69 Å². The van der Waals surface area contributed by atoms with Gasteiger partial charge in [0.05, 0.1) is 22.6 Å². The molecule has 0 spiro atoms. The normalized spacial score (nSPS) is 13.2. The minimum absolute atomic E-state index is 0.0711. The first-order valence-corrected chi connectivity index (χ1v) is 10.2. The van der Waals surface area contributed by atoms with Gasteiger partial charge in [-0.15, -0.1) is 0 Å². The molecule has 0 unspecified atom stereocenters. The van der Waals surface area contributed by atoms with E-state index in [-0.39, 0.29) is 5.56 Å². The van der Waals surface area contributed by atoms with Gasteiger partial charge in [-0.05, 0) is 42.8 Å². The van der Waals surface area contributed by atoms with Crippen molar-refractivity contribution >= 4 is 40.5 Å². The van der Waals surface area contributed by atoms with Gasteiger partial charge in [-0.1, -0.05) is 53.3 Å². The zero-order valence-corrected chi connectivity index (χ0v) is 17.0. The molecule has 0 radical (unpaired) electrons. The second-order valence-corrected chi connectivity index (χ2v) is 8.10. The molecule has 29 heavy (non-hydrogen) atoms. The van der Waals surface area contributed by atoms with Gasteiger partial charge in [-0.25, -0.2) is 9.67 Å². The van der Waals surface area contributed by atoms with Gasteiger partial charge in [0.2, 0.25) is 0 Å². The average molecular weight is 422 g/mol. The van der Waals surface area contributed by atoms with Crippen molar-refractivity contribution in [3.05, 3.63) is 90.6 Å². The minimum atomic E-state index is -0.0711. The van der Waals surface area contributed by atoms with Crippen LogP contribution in [0.5, 0.6) is 0 Å². The molecule has 4 aromatic rings. The predicted molar refractivity (Wildman–Crippen MR) is 116 cm³/mol. The van der Waals surface area contributed by atoms with Gasteiger partial charge in [0.15, 0.2) is 10.6 Å². The summed E-state index contributed by atoms with van der Waals surface area (Å²) < 4.78 is 4.11. The molecule has 0 saturated carbocycles. The zero-order chi connectivity index (χ0) is 20.0. The van der Waals surface area contributed by atoms with E-state index in [4.69, 9.17) is 16.6 Å². The van der Waals surface area contributed by atoms with Crippen LogP contribution in [-0.4, -0.2) is 14.3 Å². The van der Waals surface area contributed by atoms with Crippen molar-refractivity contribution in [2.75, 3.05) is 5.32 Å². The molecule has 0 fully saturated rings. The summed E-state index contributed by atoms with van der Waals surface area (Å²) in [6, 6.07) is 17.3. The van der Waals surface area contributed by atoms with Gasteiger partial charge < -0.3 is 5.32 Å². The lowest BCUT2D eigenvalue weighted by atomic mass is 10.2. The Labute approximate surface area is 175 Å². The second-order valence-electron chi connectivity index (χ2n) is 6.65. The maximum Gasteiger partial charge on any atom is 0.271 e. The van der Waals surface area contributed by atoms with Crippen LogP contribution in [0.25, 0.3) is 11.8 Å². The first-order valence-electron chi connectivity index (χ1n) is 9.05. The molecular weight excluding hydrogens is 406 g/mol. The average Bonchev–Trinajstić information content (AvgIpc) is 3.11. The molecule has 0 amide bonds. The van der Waals surface area contributed by atoms with E-state index >= 15 is 0 Å². The van der Waals surface area contributed by atoms with E-state index in [0.717, 1.165) is 28.5 Å². The number of benzene rings is 2. The van der Waals surface area contributed by atoms with E-state index in [9.17, 15) is 4.79 Å². The number of aromatic nitrogens is 3. The van der Waals surface area contributed by atoms with Crippen LogP contribution >= 0.6 is 22.9 Å². The van der Waals surface area contributed by atoms with Crippen LogP contribution < -0.4 is 20.2 Å². The lowest BCUT2D eigenvalue weighted by Crippen LogP contribution is -2.33. The van der Waals surface area contributed by atoms with E-state index in [1.807, 2.05) is 72.3 Å². The van der Waals surface area contributed by atoms with Crippen molar-refractivity contribution < 1.29 is 0 Å². The number of anilines is 1. The molecule has 0 aliphatic carbocycles. The Balaban J connectivity index is 1.66. The molecule has 1 aliphatic heterocycles. The summed E-state index contributed by atoms with van der Waals surface area (Å²) in [5.41, 5.74) is 3.34. The van der Waals surface area contributed by atoms with Crippen molar-refractivity contribution in [2.45, 2.75) is 13.6 Å². The fourth-order valence-electron chi connectivity index (χ4n) is 3.26. The van der Waals surface area contributed by atoms with Gasteiger partial charge in [0.1, 0.15) is 5.69 Å². The van der Waals surface area contributed by atoms with E-state index in [0.29, 0.717) is 21.0 Å². The number of hydrogen-bond acceptors (Lipinski definition) is 5. The summed E-state index contributed by atoms with van der Waals surface area (Å²) in [7, 11) is 0. The number of fused-ring (bicyclic) bond motifs is 2. The third kappa shape index (κ3) is 3.18. The van der Waals surface area contributed by atoms with Crippen LogP contribution in [0, 0.1) is 6.92 Å². The Kier molecular flexibility index (Phi) is 4.34. The number of nitrogens with zero attached hydrogens (tertiary/aromatic N) is 4. The molecule has 6 nitrogen and oxygen atoms in total. The lowest BCUT2D eigenvalue weighted by Gasteiger charge is -2.09. The number of thiazole rings is 1. The molecular formula is C21H16ClN5OS. The molecule has 2 aromatic heterocycles. The Morgan fingerprint density at radius 3 is 2.66 bits per heavy atom. The second kappa shape index (κ2) is 7.02. The number of halogens is 1. The van der Waals surface area contributed by atoms with E-state index in [1.54, 1.807) is 4.57 Å². The fraction of sp³-hybridized carbons (Fsp3) is 0.0952. The van der Waals surface area contributed by atoms with Gasteiger partial charge in [0.25, 0.3) is 5.56 Å². The molecule has 8 heteroatoms. The number of hydrogen-bond donors (Lipinski definition) is 1. The molecule has 3 heterocycles. The van der Waals surface area contributed by atoms with Crippen molar-refractivity contribution in [1.29, 1.82) is 0 Å². The summed E-state index contributed by atoms with van der Waals surface area (Å²) in [6.07, 6.45) is 1.86. The number of aryl methyl sites for hydroxylation is 1. The molecule has 0 saturated heterocycles. The van der Waals surface area contributed by atoms with E-state index in [1.165, 1.54) is 11.3 Å². The molecule has 2 aromatic carbocycles. The molecule has 1 aliphatic rings. The van der Waals surface area contributed by atoms with Crippen LogP contribution in [0.15, 0.2) is 64.4 Å². The molecule has 0 atom stereocenters. The van der Waals surface area contributed by atoms with Gasteiger partial charge in [-0.3, -0.25) is 9.36 Å². The Bertz CT molecular complexity index is 1380. The molecule has 144 valence electrons. The van der Waals surface area contributed by atoms with Crippen LogP contribution in [0.1, 0.15) is 11.3 Å². The van der Waals surface area contributed by atoms with Crippen LogP contribution in [0.3, 0.4) is 0 Å². The van der Waals surface area contributed by atoms with E-state index in [2.05, 4.69) is 10.4 Å². The monoisotopic (exact) mass is 421 g/mol.